The lowest BCUT2D eigenvalue weighted by Crippen LogP contribution is -2.20. The molecule has 5 heteroatoms. The van der Waals surface area contributed by atoms with Crippen molar-refractivity contribution in [2.45, 2.75) is 12.8 Å². The second-order valence-electron chi connectivity index (χ2n) is 4.89. The summed E-state index contributed by atoms with van der Waals surface area (Å²) in [5, 5.41) is 1.17. The van der Waals surface area contributed by atoms with Gasteiger partial charge in [0.25, 0.3) is 5.92 Å². The Bertz CT molecular complexity index is 714. The maximum Gasteiger partial charge on any atom is 0.278 e. The molecule has 0 aliphatic rings. The number of rotatable bonds is 4. The van der Waals surface area contributed by atoms with E-state index >= 15 is 0 Å². The largest absolute Gasteiger partial charge is 0.486 e. The second-order valence-corrected chi connectivity index (χ2v) is 5.97. The van der Waals surface area contributed by atoms with Gasteiger partial charge in [0.05, 0.1) is 16.8 Å². The highest BCUT2D eigenvalue weighted by Crippen LogP contribution is 2.32. The molecule has 1 aromatic carbocycles. The number of fused-ring (bicyclic) bond motifs is 1. The van der Waals surface area contributed by atoms with E-state index in [0.717, 1.165) is 17.5 Å². The lowest BCUT2D eigenvalue weighted by molar-refractivity contribution is -0.0230. The molecule has 0 amide bonds. The smallest absolute Gasteiger partial charge is 0.278 e. The standard InChI is InChI=1S/C16H13F2NOS/c1-16(17,18)10-20-12-6-7-13(19-9-12)15-8-11-4-2-3-5-14(11)21-15/h2-9H,10H2,1H3. The molecule has 0 radical (unpaired) electrons. The zero-order chi connectivity index (χ0) is 14.9. The Morgan fingerprint density at radius 2 is 2.00 bits per heavy atom. The van der Waals surface area contributed by atoms with Crippen LogP contribution in [0.2, 0.25) is 0 Å². The Balaban J connectivity index is 1.80. The number of benzene rings is 1. The molecular weight excluding hydrogens is 292 g/mol. The summed E-state index contributed by atoms with van der Waals surface area (Å²) in [5.74, 6) is -2.49. The predicted octanol–water partition coefficient (Wildman–Crippen LogP) is 5.00. The van der Waals surface area contributed by atoms with Crippen molar-refractivity contribution in [3.05, 3.63) is 48.7 Å². The second kappa shape index (κ2) is 5.41. The topological polar surface area (TPSA) is 22.1 Å². The van der Waals surface area contributed by atoms with Crippen molar-refractivity contribution >= 4 is 21.4 Å². The third-order valence-corrected chi connectivity index (χ3v) is 4.05. The molecule has 108 valence electrons. The minimum Gasteiger partial charge on any atom is -0.486 e. The van der Waals surface area contributed by atoms with Gasteiger partial charge in [0.1, 0.15) is 5.75 Å². The number of ether oxygens (including phenoxy) is 1. The van der Waals surface area contributed by atoms with Gasteiger partial charge in [-0.2, -0.15) is 0 Å². The van der Waals surface area contributed by atoms with E-state index in [2.05, 4.69) is 23.2 Å². The van der Waals surface area contributed by atoms with Gasteiger partial charge >= 0.3 is 0 Å². The Hall–Kier alpha value is -2.01. The fourth-order valence-electron chi connectivity index (χ4n) is 1.93. The monoisotopic (exact) mass is 305 g/mol. The molecule has 3 aromatic rings. The van der Waals surface area contributed by atoms with Crippen molar-refractivity contribution in [2.24, 2.45) is 0 Å². The quantitative estimate of drug-likeness (QED) is 0.677. The third-order valence-electron chi connectivity index (χ3n) is 2.91. The summed E-state index contributed by atoms with van der Waals surface area (Å²) < 4.78 is 31.7. The molecule has 0 fully saturated rings. The van der Waals surface area contributed by atoms with Crippen LogP contribution in [0.1, 0.15) is 6.92 Å². The van der Waals surface area contributed by atoms with Crippen LogP contribution in [0.5, 0.6) is 5.75 Å². The maximum absolute atomic E-state index is 12.7. The maximum atomic E-state index is 12.7. The highest BCUT2D eigenvalue weighted by atomic mass is 32.1. The lowest BCUT2D eigenvalue weighted by atomic mass is 10.2. The first-order valence-electron chi connectivity index (χ1n) is 6.47. The molecule has 0 bridgehead atoms. The SMILES string of the molecule is CC(F)(F)COc1ccc(-c2cc3ccccc3s2)nc1. The van der Waals surface area contributed by atoms with Gasteiger partial charge in [-0.1, -0.05) is 18.2 Å². The summed E-state index contributed by atoms with van der Waals surface area (Å²) in [6.45, 7) is 0.183. The summed E-state index contributed by atoms with van der Waals surface area (Å²) in [7, 11) is 0. The van der Waals surface area contributed by atoms with E-state index in [4.69, 9.17) is 4.74 Å². The van der Waals surface area contributed by atoms with Crippen LogP contribution < -0.4 is 4.74 Å². The number of hydrogen-bond acceptors (Lipinski definition) is 3. The lowest BCUT2D eigenvalue weighted by Gasteiger charge is -2.11. The number of thiophene rings is 1. The van der Waals surface area contributed by atoms with Gasteiger partial charge in [-0.25, -0.2) is 8.78 Å². The average molecular weight is 305 g/mol. The Morgan fingerprint density at radius 1 is 1.19 bits per heavy atom. The zero-order valence-electron chi connectivity index (χ0n) is 11.3. The molecular formula is C16H13F2NOS. The number of alkyl halides is 2. The van der Waals surface area contributed by atoms with Crippen molar-refractivity contribution in [2.75, 3.05) is 6.61 Å². The summed E-state index contributed by atoms with van der Waals surface area (Å²) >= 11 is 1.65. The molecule has 3 rings (SSSR count). The summed E-state index contributed by atoms with van der Waals surface area (Å²) in [4.78, 5) is 5.33. The van der Waals surface area contributed by atoms with E-state index in [0.29, 0.717) is 5.75 Å². The van der Waals surface area contributed by atoms with Crippen LogP contribution in [0.25, 0.3) is 20.7 Å². The van der Waals surface area contributed by atoms with Crippen molar-refractivity contribution < 1.29 is 13.5 Å². The first-order chi connectivity index (χ1) is 10.0. The highest BCUT2D eigenvalue weighted by Gasteiger charge is 2.22. The van der Waals surface area contributed by atoms with E-state index in [-0.39, 0.29) is 0 Å². The van der Waals surface area contributed by atoms with Crippen LogP contribution >= 0.6 is 11.3 Å². The van der Waals surface area contributed by atoms with E-state index in [9.17, 15) is 8.78 Å². The first-order valence-corrected chi connectivity index (χ1v) is 7.28. The van der Waals surface area contributed by atoms with E-state index in [1.165, 1.54) is 16.3 Å². The van der Waals surface area contributed by atoms with Crippen LogP contribution in [0, 0.1) is 0 Å². The number of nitrogens with zero attached hydrogens (tertiary/aromatic N) is 1. The fourth-order valence-corrected chi connectivity index (χ4v) is 2.97. The Kier molecular flexibility index (Phi) is 3.59. The zero-order valence-corrected chi connectivity index (χ0v) is 12.2. The normalized spacial score (nSPS) is 11.8. The van der Waals surface area contributed by atoms with Gasteiger partial charge in [-0.3, -0.25) is 4.98 Å². The van der Waals surface area contributed by atoms with Crippen molar-refractivity contribution in [3.8, 4) is 16.3 Å². The number of aromatic nitrogens is 1. The molecule has 2 heterocycles. The van der Waals surface area contributed by atoms with Crippen molar-refractivity contribution in [1.82, 2.24) is 4.98 Å². The molecule has 0 atom stereocenters. The Labute approximate surface area is 125 Å². The number of halogens is 2. The van der Waals surface area contributed by atoms with Gasteiger partial charge in [0, 0.05) is 11.6 Å². The molecule has 0 saturated carbocycles. The minimum atomic E-state index is -2.84. The average Bonchev–Trinajstić information content (AvgIpc) is 2.89. The third kappa shape index (κ3) is 3.36. The molecule has 2 aromatic heterocycles. The van der Waals surface area contributed by atoms with Gasteiger partial charge in [-0.15, -0.1) is 11.3 Å². The summed E-state index contributed by atoms with van der Waals surface area (Å²) in [5.41, 5.74) is 0.812. The van der Waals surface area contributed by atoms with E-state index in [1.54, 1.807) is 23.5 Å². The highest BCUT2D eigenvalue weighted by molar-refractivity contribution is 7.22. The minimum absolute atomic E-state index is 0.349. The molecule has 2 nitrogen and oxygen atoms in total. The number of hydrogen-bond donors (Lipinski definition) is 0. The fraction of sp³-hybridized carbons (Fsp3) is 0.188. The molecule has 0 unspecified atom stereocenters. The van der Waals surface area contributed by atoms with E-state index < -0.39 is 12.5 Å². The van der Waals surface area contributed by atoms with Gasteiger partial charge in [0.15, 0.2) is 6.61 Å². The molecule has 0 aliphatic heterocycles. The van der Waals surface area contributed by atoms with Crippen LogP contribution in [-0.2, 0) is 0 Å². The Morgan fingerprint density at radius 3 is 2.67 bits per heavy atom. The van der Waals surface area contributed by atoms with Crippen molar-refractivity contribution in [1.29, 1.82) is 0 Å². The molecule has 0 saturated heterocycles. The summed E-state index contributed by atoms with van der Waals surface area (Å²) in [6, 6.07) is 13.6. The molecule has 21 heavy (non-hydrogen) atoms. The predicted molar refractivity (Wildman–Crippen MR) is 81.2 cm³/mol. The number of pyridine rings is 1. The molecule has 0 spiro atoms. The van der Waals surface area contributed by atoms with Crippen LogP contribution in [0.4, 0.5) is 8.78 Å². The first kappa shape index (κ1) is 13.9. The summed E-state index contributed by atoms with van der Waals surface area (Å²) in [6.07, 6.45) is 1.48. The van der Waals surface area contributed by atoms with E-state index in [1.807, 2.05) is 12.1 Å². The van der Waals surface area contributed by atoms with Gasteiger partial charge in [0.2, 0.25) is 0 Å². The van der Waals surface area contributed by atoms with Crippen LogP contribution in [0.3, 0.4) is 0 Å². The van der Waals surface area contributed by atoms with Gasteiger partial charge in [-0.05, 0) is 29.7 Å². The van der Waals surface area contributed by atoms with Crippen LogP contribution in [0.15, 0.2) is 48.7 Å². The molecule has 0 N–H and O–H groups in total. The molecule has 0 aliphatic carbocycles. The van der Waals surface area contributed by atoms with Gasteiger partial charge < -0.3 is 4.74 Å². The van der Waals surface area contributed by atoms with Crippen molar-refractivity contribution in [3.63, 3.8) is 0 Å². The van der Waals surface area contributed by atoms with Crippen LogP contribution in [-0.4, -0.2) is 17.5 Å².